The van der Waals surface area contributed by atoms with Crippen molar-refractivity contribution in [2.75, 3.05) is 40.5 Å². The number of benzene rings is 2. The lowest BCUT2D eigenvalue weighted by Crippen LogP contribution is -2.53. The fourth-order valence-electron chi connectivity index (χ4n) is 9.39. The zero-order valence-corrected chi connectivity index (χ0v) is 45.5. The highest BCUT2D eigenvalue weighted by molar-refractivity contribution is 6.03. The van der Waals surface area contributed by atoms with Crippen LogP contribution in [0.1, 0.15) is 114 Å². The number of aromatic amines is 2. The molecular weight excluding hydrogens is 1010 g/mol. The van der Waals surface area contributed by atoms with Gasteiger partial charge < -0.3 is 70.3 Å². The molecule has 2 aromatic heterocycles. The van der Waals surface area contributed by atoms with E-state index in [0.29, 0.717) is 59.2 Å². The smallest absolute Gasteiger partial charge is 0.496 e. The molecule has 2 saturated heterocycles. The van der Waals surface area contributed by atoms with Crippen LogP contribution in [0.3, 0.4) is 0 Å². The zero-order chi connectivity index (χ0) is 56.6. The molecule has 0 radical (unpaired) electrons. The summed E-state index contributed by atoms with van der Waals surface area (Å²) < 4.78 is 33.1. The standard InChI is InChI=1S/C55H74N8O15/c1-9-47(75-27-43(64)37(23-31-17-19-56-49(31)66)60-51(68)39(21-29(3)4)62-53(70)41-25-33-35(58-41)13-11-15-45(33)73-7)77-55(72)78-48(10-2)76-28-44(65)38(24-32-18-20-57-50(32)67)61-52(69)40(22-30(5)6)63-54(71)42-26-34-36(59-42)14-12-16-46(34)74-8/h11-16,25-26,29-32,37-40,47-48,58-59H,9-10,17-24,27-28H2,1-8H3,(H,56,66)(H,57,67)(H,60,68)(H,61,69)(H,62,70)(H,63,71)/t31-,32-,37-,38-,39-,40-,47+,48+/m0/s1. The maximum atomic E-state index is 14.0. The van der Waals surface area contributed by atoms with E-state index in [4.69, 9.17) is 28.4 Å². The molecule has 6 rings (SSSR count). The molecule has 2 fully saturated rings. The summed E-state index contributed by atoms with van der Waals surface area (Å²) in [6, 6.07) is 9.25. The Kier molecular flexibility index (Phi) is 21.6. The topological polar surface area (TPSA) is 313 Å². The first-order chi connectivity index (χ1) is 37.3. The van der Waals surface area contributed by atoms with Gasteiger partial charge in [0, 0.05) is 59.6 Å². The van der Waals surface area contributed by atoms with Crippen LogP contribution in [-0.4, -0.2) is 140 Å². The largest absolute Gasteiger partial charge is 0.512 e. The third kappa shape index (κ3) is 16.3. The number of rotatable bonds is 30. The highest BCUT2D eigenvalue weighted by atomic mass is 16.8. The minimum atomic E-state index is -1.33. The van der Waals surface area contributed by atoms with E-state index in [1.165, 1.54) is 14.2 Å². The first-order valence-electron chi connectivity index (χ1n) is 26.6. The number of aromatic nitrogens is 2. The summed E-state index contributed by atoms with van der Waals surface area (Å²) in [5.41, 5.74) is 1.69. The quantitative estimate of drug-likeness (QED) is 0.0264. The summed E-state index contributed by atoms with van der Waals surface area (Å²) in [5, 5.41) is 17.9. The molecule has 4 aromatic rings. The molecule has 0 bridgehead atoms. The first-order valence-corrected chi connectivity index (χ1v) is 26.6. The molecule has 0 unspecified atom stereocenters. The van der Waals surface area contributed by atoms with E-state index >= 15 is 0 Å². The molecule has 2 aromatic carbocycles. The Morgan fingerprint density at radius 1 is 0.577 bits per heavy atom. The van der Waals surface area contributed by atoms with Crippen molar-refractivity contribution in [3.63, 3.8) is 0 Å². The summed E-state index contributed by atoms with van der Waals surface area (Å²) in [6.07, 6.45) is -2.67. The molecule has 23 nitrogen and oxygen atoms in total. The lowest BCUT2D eigenvalue weighted by molar-refractivity contribution is -0.171. The fourth-order valence-corrected chi connectivity index (χ4v) is 9.39. The Hall–Kier alpha value is -7.53. The number of ether oxygens (including phenoxy) is 6. The molecule has 2 aliphatic heterocycles. The molecule has 78 heavy (non-hydrogen) atoms. The van der Waals surface area contributed by atoms with Gasteiger partial charge >= 0.3 is 6.16 Å². The summed E-state index contributed by atoms with van der Waals surface area (Å²) in [7, 11) is 3.04. The monoisotopic (exact) mass is 1090 g/mol. The van der Waals surface area contributed by atoms with Gasteiger partial charge in [0.1, 0.15) is 48.2 Å². The molecule has 424 valence electrons. The molecule has 6 amide bonds. The Bertz CT molecular complexity index is 2610. The second-order valence-corrected chi connectivity index (χ2v) is 20.4. The number of ketones is 2. The molecule has 8 atom stereocenters. The van der Waals surface area contributed by atoms with Gasteiger partial charge in [0.2, 0.25) is 36.2 Å². The van der Waals surface area contributed by atoms with Gasteiger partial charge in [-0.05, 0) is 86.8 Å². The number of carbonyl (C=O) groups is 9. The first kappa shape index (κ1) is 59.7. The van der Waals surface area contributed by atoms with Gasteiger partial charge in [0.15, 0.2) is 11.6 Å². The Labute approximate surface area is 452 Å². The number of fused-ring (bicyclic) bond motifs is 2. The molecule has 4 heterocycles. The number of carbonyl (C=O) groups excluding carboxylic acids is 9. The van der Waals surface area contributed by atoms with Crippen molar-refractivity contribution in [3.05, 3.63) is 59.9 Å². The average molecular weight is 1090 g/mol. The van der Waals surface area contributed by atoms with E-state index in [1.807, 2.05) is 27.7 Å². The predicted octanol–water partition coefficient (Wildman–Crippen LogP) is 4.47. The summed E-state index contributed by atoms with van der Waals surface area (Å²) in [6.45, 7) is 10.2. The lowest BCUT2D eigenvalue weighted by atomic mass is 9.95. The summed E-state index contributed by atoms with van der Waals surface area (Å²) in [5.74, 6) is -4.46. The van der Waals surface area contributed by atoms with Crippen molar-refractivity contribution in [1.82, 2.24) is 41.9 Å². The molecule has 23 heteroatoms. The highest BCUT2D eigenvalue weighted by Crippen LogP contribution is 2.28. The Balaban J connectivity index is 1.05. The van der Waals surface area contributed by atoms with Gasteiger partial charge in [-0.25, -0.2) is 4.79 Å². The Morgan fingerprint density at radius 2 is 0.974 bits per heavy atom. The number of amides is 6. The van der Waals surface area contributed by atoms with Gasteiger partial charge in [-0.2, -0.15) is 0 Å². The van der Waals surface area contributed by atoms with Crippen molar-refractivity contribution in [1.29, 1.82) is 0 Å². The third-order valence-electron chi connectivity index (χ3n) is 13.6. The molecule has 0 aliphatic carbocycles. The molecule has 0 spiro atoms. The van der Waals surface area contributed by atoms with Crippen LogP contribution < -0.4 is 41.4 Å². The molecule has 0 saturated carbocycles. The second kappa shape index (κ2) is 28.2. The van der Waals surface area contributed by atoms with Crippen molar-refractivity contribution >= 4 is 75.0 Å². The van der Waals surface area contributed by atoms with E-state index in [-0.39, 0.29) is 73.6 Å². The van der Waals surface area contributed by atoms with Crippen molar-refractivity contribution in [3.8, 4) is 11.5 Å². The van der Waals surface area contributed by atoms with Gasteiger partial charge in [-0.3, -0.25) is 38.4 Å². The van der Waals surface area contributed by atoms with E-state index in [0.717, 1.165) is 0 Å². The van der Waals surface area contributed by atoms with E-state index in [9.17, 15) is 43.2 Å². The predicted molar refractivity (Wildman–Crippen MR) is 284 cm³/mol. The summed E-state index contributed by atoms with van der Waals surface area (Å²) in [4.78, 5) is 128. The summed E-state index contributed by atoms with van der Waals surface area (Å²) >= 11 is 0. The number of nitrogens with one attached hydrogen (secondary N) is 8. The minimum absolute atomic E-state index is 0.0492. The zero-order valence-electron chi connectivity index (χ0n) is 45.5. The maximum Gasteiger partial charge on any atom is 0.512 e. The van der Waals surface area contributed by atoms with Crippen LogP contribution in [0.2, 0.25) is 0 Å². The number of hydrogen-bond acceptors (Lipinski definition) is 15. The van der Waals surface area contributed by atoms with Crippen LogP contribution in [0.25, 0.3) is 21.8 Å². The van der Waals surface area contributed by atoms with E-state index < -0.39 is 103 Å². The number of methoxy groups -OCH3 is 2. The molecular formula is C55H74N8O15. The fraction of sp³-hybridized carbons (Fsp3) is 0.545. The van der Waals surface area contributed by atoms with Crippen molar-refractivity contribution in [2.45, 2.75) is 130 Å². The normalized spacial score (nSPS) is 17.6. The third-order valence-corrected chi connectivity index (χ3v) is 13.6. The second-order valence-electron chi connectivity index (χ2n) is 20.4. The highest BCUT2D eigenvalue weighted by Gasteiger charge is 2.36. The molecule has 2 aliphatic rings. The van der Waals surface area contributed by atoms with Gasteiger partial charge in [0.05, 0.1) is 26.3 Å². The van der Waals surface area contributed by atoms with Crippen LogP contribution in [0.15, 0.2) is 48.5 Å². The minimum Gasteiger partial charge on any atom is -0.496 e. The molecule has 8 N–H and O–H groups in total. The number of H-pyrrole nitrogens is 2. The lowest BCUT2D eigenvalue weighted by Gasteiger charge is -2.26. The Morgan fingerprint density at radius 3 is 1.31 bits per heavy atom. The van der Waals surface area contributed by atoms with Gasteiger partial charge in [-0.1, -0.05) is 53.7 Å². The van der Waals surface area contributed by atoms with E-state index in [1.54, 1.807) is 62.4 Å². The number of hydrogen-bond donors (Lipinski definition) is 8. The van der Waals surface area contributed by atoms with Crippen molar-refractivity contribution < 1.29 is 71.6 Å². The number of Topliss-reactive ketones (excluding diaryl/α,β-unsaturated/α-hetero) is 2. The van der Waals surface area contributed by atoms with Crippen LogP contribution in [0.5, 0.6) is 11.5 Å². The van der Waals surface area contributed by atoms with Crippen LogP contribution in [-0.2, 0) is 47.7 Å². The SMILES string of the molecule is CC[C@H](OCC(=O)[C@H](C[C@@H]1CCNC1=O)NC(=O)[C@H](CC(C)C)NC(=O)c1cc2c(OC)cccc2[nH]1)OC(=O)O[C@H](CC)OCC(=O)[C@H](C[C@@H]1CCNC1=O)NC(=O)[C@H](CC(C)C)NC(=O)c1cc2c(OC)cccc2[nH]1. The van der Waals surface area contributed by atoms with Crippen molar-refractivity contribution in [2.24, 2.45) is 23.7 Å². The maximum absolute atomic E-state index is 14.0. The van der Waals surface area contributed by atoms with Gasteiger partial charge in [-0.15, -0.1) is 0 Å². The average Bonchev–Trinajstić information content (AvgIpc) is 4.25. The van der Waals surface area contributed by atoms with E-state index in [2.05, 4.69) is 41.9 Å². The van der Waals surface area contributed by atoms with Crippen LogP contribution >= 0.6 is 0 Å². The van der Waals surface area contributed by atoms with Gasteiger partial charge in [0.25, 0.3) is 11.8 Å². The van der Waals surface area contributed by atoms with Crippen LogP contribution in [0, 0.1) is 23.7 Å². The van der Waals surface area contributed by atoms with Crippen LogP contribution in [0.4, 0.5) is 4.79 Å².